The standard InChI is InChI=1S/C18H23NO6S2/c1-15-4-10-18(11-5-15)27(22,23)19(12-13-24-2)14-16-6-8-17(9-7-16)25-26(3,20)21/h4-11H,12-14H2,1-3H3. The molecule has 2 aromatic rings. The van der Waals surface area contributed by atoms with Gasteiger partial charge in [0.2, 0.25) is 10.0 Å². The summed E-state index contributed by atoms with van der Waals surface area (Å²) in [7, 11) is -5.80. The van der Waals surface area contributed by atoms with E-state index in [2.05, 4.69) is 0 Å². The van der Waals surface area contributed by atoms with Crippen molar-refractivity contribution >= 4 is 20.1 Å². The molecule has 0 aromatic heterocycles. The Morgan fingerprint density at radius 3 is 2.04 bits per heavy atom. The fourth-order valence-corrected chi connectivity index (χ4v) is 4.24. The van der Waals surface area contributed by atoms with E-state index in [9.17, 15) is 16.8 Å². The van der Waals surface area contributed by atoms with Crippen molar-refractivity contribution < 1.29 is 25.8 Å². The van der Waals surface area contributed by atoms with Crippen LogP contribution in [0, 0.1) is 6.92 Å². The van der Waals surface area contributed by atoms with Gasteiger partial charge in [-0.2, -0.15) is 12.7 Å². The summed E-state index contributed by atoms with van der Waals surface area (Å²) in [5.41, 5.74) is 1.67. The predicted octanol–water partition coefficient (Wildman–Crippen LogP) is 2.17. The summed E-state index contributed by atoms with van der Waals surface area (Å²) in [6, 6.07) is 12.9. The van der Waals surface area contributed by atoms with E-state index in [0.29, 0.717) is 5.56 Å². The third-order valence-corrected chi connectivity index (χ3v) is 6.09. The van der Waals surface area contributed by atoms with E-state index in [1.54, 1.807) is 36.4 Å². The SMILES string of the molecule is COCCN(Cc1ccc(OS(C)(=O)=O)cc1)S(=O)(=O)c1ccc(C)cc1. The van der Waals surface area contributed by atoms with Crippen LogP contribution in [0.4, 0.5) is 0 Å². The molecule has 0 saturated heterocycles. The molecule has 0 aliphatic heterocycles. The number of nitrogens with zero attached hydrogens (tertiary/aromatic N) is 1. The predicted molar refractivity (Wildman–Crippen MR) is 103 cm³/mol. The third kappa shape index (κ3) is 6.31. The lowest BCUT2D eigenvalue weighted by atomic mass is 10.2. The number of rotatable bonds is 9. The third-order valence-electron chi connectivity index (χ3n) is 3.73. The molecule has 0 unspecified atom stereocenters. The van der Waals surface area contributed by atoms with Gasteiger partial charge in [0, 0.05) is 20.2 Å². The number of hydrogen-bond acceptors (Lipinski definition) is 6. The van der Waals surface area contributed by atoms with Crippen LogP contribution >= 0.6 is 0 Å². The maximum Gasteiger partial charge on any atom is 0.306 e. The van der Waals surface area contributed by atoms with Gasteiger partial charge >= 0.3 is 10.1 Å². The molecule has 148 valence electrons. The van der Waals surface area contributed by atoms with Crippen LogP contribution in [0.1, 0.15) is 11.1 Å². The van der Waals surface area contributed by atoms with E-state index in [1.807, 2.05) is 6.92 Å². The molecule has 0 aliphatic rings. The highest BCUT2D eigenvalue weighted by atomic mass is 32.2. The van der Waals surface area contributed by atoms with Crippen LogP contribution in [-0.2, 0) is 31.4 Å². The van der Waals surface area contributed by atoms with Gasteiger partial charge in [0.1, 0.15) is 5.75 Å². The topological polar surface area (TPSA) is 90.0 Å². The molecule has 27 heavy (non-hydrogen) atoms. The normalized spacial score (nSPS) is 12.3. The number of benzene rings is 2. The van der Waals surface area contributed by atoms with Crippen molar-refractivity contribution in [3.05, 3.63) is 59.7 Å². The van der Waals surface area contributed by atoms with Crippen molar-refractivity contribution in [2.75, 3.05) is 26.5 Å². The summed E-state index contributed by atoms with van der Waals surface area (Å²) < 4.78 is 59.5. The number of hydrogen-bond donors (Lipinski definition) is 0. The number of sulfonamides is 1. The summed E-state index contributed by atoms with van der Waals surface area (Å²) in [6.07, 6.45) is 0.960. The smallest absolute Gasteiger partial charge is 0.306 e. The molecule has 2 aromatic carbocycles. The monoisotopic (exact) mass is 413 g/mol. The maximum absolute atomic E-state index is 13.0. The van der Waals surface area contributed by atoms with Crippen LogP contribution < -0.4 is 4.18 Å². The summed E-state index contributed by atoms with van der Waals surface area (Å²) in [5.74, 6) is 0.172. The van der Waals surface area contributed by atoms with Crippen LogP contribution in [0.15, 0.2) is 53.4 Å². The van der Waals surface area contributed by atoms with Crippen molar-refractivity contribution in [1.29, 1.82) is 0 Å². The van der Waals surface area contributed by atoms with Gasteiger partial charge in [0.05, 0.1) is 17.8 Å². The van der Waals surface area contributed by atoms with Crippen molar-refractivity contribution in [3.8, 4) is 5.75 Å². The Balaban J connectivity index is 2.24. The van der Waals surface area contributed by atoms with Crippen LogP contribution in [0.25, 0.3) is 0 Å². The zero-order valence-corrected chi connectivity index (χ0v) is 17.1. The van der Waals surface area contributed by atoms with Crippen LogP contribution in [0.2, 0.25) is 0 Å². The summed E-state index contributed by atoms with van der Waals surface area (Å²) in [5, 5.41) is 0. The highest BCUT2D eigenvalue weighted by Gasteiger charge is 2.24. The van der Waals surface area contributed by atoms with E-state index in [0.717, 1.165) is 11.8 Å². The van der Waals surface area contributed by atoms with Gasteiger partial charge in [-0.3, -0.25) is 0 Å². The van der Waals surface area contributed by atoms with Crippen LogP contribution in [-0.4, -0.2) is 47.7 Å². The number of aryl methyl sites for hydroxylation is 1. The molecule has 9 heteroatoms. The molecule has 0 spiro atoms. The second-order valence-electron chi connectivity index (χ2n) is 6.08. The summed E-state index contributed by atoms with van der Waals surface area (Å²) >= 11 is 0. The Hall–Kier alpha value is -1.94. The lowest BCUT2D eigenvalue weighted by Gasteiger charge is -2.22. The molecule has 0 radical (unpaired) electrons. The largest absolute Gasteiger partial charge is 0.383 e. The Morgan fingerprint density at radius 1 is 0.926 bits per heavy atom. The van der Waals surface area contributed by atoms with E-state index < -0.39 is 20.1 Å². The fraction of sp³-hybridized carbons (Fsp3) is 0.333. The lowest BCUT2D eigenvalue weighted by molar-refractivity contribution is 0.177. The average molecular weight is 414 g/mol. The minimum atomic E-state index is -3.70. The van der Waals surface area contributed by atoms with Crippen LogP contribution in [0.5, 0.6) is 5.75 Å². The van der Waals surface area contributed by atoms with Gasteiger partial charge in [0.25, 0.3) is 0 Å². The van der Waals surface area contributed by atoms with Gasteiger partial charge in [-0.15, -0.1) is 0 Å². The molecule has 0 heterocycles. The van der Waals surface area contributed by atoms with Crippen LogP contribution in [0.3, 0.4) is 0 Å². The van der Waals surface area contributed by atoms with E-state index in [-0.39, 0.29) is 30.3 Å². The Morgan fingerprint density at radius 2 is 1.52 bits per heavy atom. The van der Waals surface area contributed by atoms with Gasteiger partial charge < -0.3 is 8.92 Å². The molecular weight excluding hydrogens is 390 g/mol. The fourth-order valence-electron chi connectivity index (χ4n) is 2.37. The maximum atomic E-state index is 13.0. The molecule has 0 N–H and O–H groups in total. The Bertz CT molecular complexity index is 952. The molecule has 0 aliphatic carbocycles. The van der Waals surface area contributed by atoms with Crippen molar-refractivity contribution in [2.45, 2.75) is 18.4 Å². The molecular formula is C18H23NO6S2. The second-order valence-corrected chi connectivity index (χ2v) is 9.59. The lowest BCUT2D eigenvalue weighted by Crippen LogP contribution is -2.33. The Labute approximate surface area is 160 Å². The van der Waals surface area contributed by atoms with E-state index in [4.69, 9.17) is 8.92 Å². The van der Waals surface area contributed by atoms with Gasteiger partial charge in [-0.05, 0) is 36.8 Å². The first-order chi connectivity index (χ1) is 12.6. The zero-order chi connectivity index (χ0) is 20.1. The molecule has 0 amide bonds. The highest BCUT2D eigenvalue weighted by Crippen LogP contribution is 2.21. The molecule has 2 rings (SSSR count). The van der Waals surface area contributed by atoms with Crippen molar-refractivity contribution in [1.82, 2.24) is 4.31 Å². The van der Waals surface area contributed by atoms with Gasteiger partial charge in [0.15, 0.2) is 0 Å². The molecule has 0 fully saturated rings. The van der Waals surface area contributed by atoms with Crippen molar-refractivity contribution in [2.24, 2.45) is 0 Å². The first-order valence-electron chi connectivity index (χ1n) is 8.16. The van der Waals surface area contributed by atoms with E-state index in [1.165, 1.54) is 23.5 Å². The zero-order valence-electron chi connectivity index (χ0n) is 15.5. The first kappa shape index (κ1) is 21.4. The summed E-state index contributed by atoms with van der Waals surface area (Å²) in [4.78, 5) is 0.209. The van der Waals surface area contributed by atoms with Crippen molar-refractivity contribution in [3.63, 3.8) is 0 Å². The molecule has 0 bridgehead atoms. The minimum absolute atomic E-state index is 0.124. The van der Waals surface area contributed by atoms with Gasteiger partial charge in [-0.1, -0.05) is 29.8 Å². The number of methoxy groups -OCH3 is 1. The Kier molecular flexibility index (Phi) is 6.99. The highest BCUT2D eigenvalue weighted by molar-refractivity contribution is 7.89. The molecule has 7 nitrogen and oxygen atoms in total. The molecule has 0 atom stereocenters. The average Bonchev–Trinajstić information content (AvgIpc) is 2.59. The molecule has 0 saturated carbocycles. The van der Waals surface area contributed by atoms with E-state index >= 15 is 0 Å². The number of ether oxygens (including phenoxy) is 1. The quantitative estimate of drug-likeness (QED) is 0.585. The summed E-state index contributed by atoms with van der Waals surface area (Å²) in [6.45, 7) is 2.45. The minimum Gasteiger partial charge on any atom is -0.383 e. The van der Waals surface area contributed by atoms with Gasteiger partial charge in [-0.25, -0.2) is 8.42 Å². The second kappa shape index (κ2) is 8.83. The first-order valence-corrected chi connectivity index (χ1v) is 11.4.